The molecule has 0 aromatic carbocycles. The van der Waals surface area contributed by atoms with Gasteiger partial charge in [0.15, 0.2) is 37.2 Å². The number of aliphatic hydroxyl groups excluding tert-OH is 14. The molecule has 4 saturated carbocycles. The van der Waals surface area contributed by atoms with Crippen LogP contribution in [0, 0.1) is 52.3 Å². The first kappa shape index (κ1) is 63.2. The van der Waals surface area contributed by atoms with E-state index in [1.54, 1.807) is 0 Å². The number of carbonyl (C=O) groups excluding carboxylic acids is 1. The van der Waals surface area contributed by atoms with Crippen molar-refractivity contribution in [2.75, 3.05) is 33.0 Å². The number of aliphatic hydroxyl groups is 14. The highest BCUT2D eigenvalue weighted by Crippen LogP contribution is 2.70. The molecule has 0 aromatic rings. The highest BCUT2D eigenvalue weighted by molar-refractivity contribution is 5.87. The highest BCUT2D eigenvalue weighted by atomic mass is 16.8. The maximum absolute atomic E-state index is 14.8. The molecule has 27 heteroatoms. The predicted octanol–water partition coefficient (Wildman–Crippen LogP) is -4.24. The van der Waals surface area contributed by atoms with E-state index in [1.807, 2.05) is 0 Å². The standard InChI is InChI=1S/C56H90O27/c1-20-8-11-56(73-18-20)21(2)34-28(83-56)13-27-25-7-6-23-12-24(9-10-54(23,4)26(25)14-33(60)55(27,34)5)75-51-45(71)41(67)46(31(17-59)78-51)80-53-48(82-52-44(70)40(66)36(62)29(15-57)76-52)47(38(64)30(16-58)77-53)81-49-42(68)37(63)32(19-72-49)79-50-43(69)39(65)35(61)22(3)74-50/h20-32,34-53,57-59,61-71H,6-19H2,1-5H3/t20-,21+,22+,23+,24+,25-,26+,27+,28+,29-,30-,31-,32-,34+,35+,36-,37+,38-,39-,40+,41-,42-,43-,44-,45-,46+,47+,48-,49+,50+,51-,52+,53+,54+,55-,56-/m1/s1. The fourth-order valence-corrected chi connectivity index (χ4v) is 17.0. The number of hydrogen-bond donors (Lipinski definition) is 14. The van der Waals surface area contributed by atoms with Crippen molar-refractivity contribution < 1.29 is 133 Å². The molecule has 0 amide bonds. The minimum Gasteiger partial charge on any atom is -0.394 e. The van der Waals surface area contributed by atoms with Crippen LogP contribution in [0.1, 0.15) is 92.4 Å². The van der Waals surface area contributed by atoms with E-state index < -0.39 is 191 Å². The Hall–Kier alpha value is -1.37. The van der Waals surface area contributed by atoms with E-state index >= 15 is 0 Å². The number of ether oxygens (including phenoxy) is 12. The Balaban J connectivity index is 0.766. The van der Waals surface area contributed by atoms with Gasteiger partial charge >= 0.3 is 0 Å². The average molecular weight is 1200 g/mol. The SMILES string of the molecule is C[C@@H]1CC[C@@]2(OC1)O[C@H]1C[C@H]3[C@@H]4CC[C@H]5C[C@@H](O[C@@H]6O[C@H](CO)[C@H](O[C@@H]7O[C@H](CO)[C@@H](O)[C@H](O[C@@H]8OC[C@@H](O[C@@H]9O[C@@H](C)[C@H](O)[C@@H](O)[C@H]9O)[C@H](O)[C@H]8O)[C@H]7O[C@@H]7O[C@H](CO)[C@@H](O)[C@H](O)[C@H]7O)[C@H](O)[C@H]6O)CC[C@]5(C)[C@H]4CC(=O)[C@]3(C)[C@H]1[C@@H]2C. The molecule has 27 nitrogen and oxygen atoms in total. The molecule has 7 heterocycles. The zero-order valence-electron chi connectivity index (χ0n) is 47.5. The molecule has 4 aliphatic carbocycles. The summed E-state index contributed by atoms with van der Waals surface area (Å²) in [5.74, 6) is 1.23. The molecule has 476 valence electrons. The van der Waals surface area contributed by atoms with Gasteiger partial charge in [-0.1, -0.05) is 27.7 Å². The molecule has 11 rings (SSSR count). The summed E-state index contributed by atoms with van der Waals surface area (Å²) < 4.78 is 73.1. The van der Waals surface area contributed by atoms with Crippen LogP contribution in [0.15, 0.2) is 0 Å². The Morgan fingerprint density at radius 3 is 1.82 bits per heavy atom. The third-order valence-electron chi connectivity index (χ3n) is 22.0. The molecule has 0 radical (unpaired) electrons. The molecule has 83 heavy (non-hydrogen) atoms. The van der Waals surface area contributed by atoms with Gasteiger partial charge in [0.1, 0.15) is 116 Å². The van der Waals surface area contributed by atoms with Gasteiger partial charge < -0.3 is 128 Å². The van der Waals surface area contributed by atoms with Crippen LogP contribution in [-0.2, 0) is 61.6 Å². The van der Waals surface area contributed by atoms with E-state index in [-0.39, 0.29) is 41.1 Å². The van der Waals surface area contributed by atoms with Crippen molar-refractivity contribution >= 4 is 5.78 Å². The van der Waals surface area contributed by atoms with Crippen molar-refractivity contribution in [3.63, 3.8) is 0 Å². The van der Waals surface area contributed by atoms with Crippen molar-refractivity contribution in [3.8, 4) is 0 Å². The minimum absolute atomic E-state index is 0.0294. The van der Waals surface area contributed by atoms with E-state index in [1.165, 1.54) is 6.92 Å². The lowest BCUT2D eigenvalue weighted by Gasteiger charge is -2.60. The van der Waals surface area contributed by atoms with Crippen LogP contribution in [0.2, 0.25) is 0 Å². The minimum atomic E-state index is -2.07. The lowest BCUT2D eigenvalue weighted by Crippen LogP contribution is -2.68. The summed E-state index contributed by atoms with van der Waals surface area (Å²) in [4.78, 5) is 14.8. The summed E-state index contributed by atoms with van der Waals surface area (Å²) in [6, 6.07) is 0. The Labute approximate surface area is 480 Å². The van der Waals surface area contributed by atoms with Crippen molar-refractivity contribution in [2.45, 2.75) is 258 Å². The topological polar surface area (TPSA) is 411 Å². The Kier molecular flexibility index (Phi) is 18.6. The lowest BCUT2D eigenvalue weighted by molar-refractivity contribution is -0.405. The second-order valence-electron chi connectivity index (χ2n) is 26.5. The molecule has 0 unspecified atom stereocenters. The smallest absolute Gasteiger partial charge is 0.187 e. The van der Waals surface area contributed by atoms with Crippen molar-refractivity contribution in [2.24, 2.45) is 52.3 Å². The Morgan fingerprint density at radius 2 is 1.13 bits per heavy atom. The summed E-state index contributed by atoms with van der Waals surface area (Å²) >= 11 is 0. The Morgan fingerprint density at radius 1 is 0.530 bits per heavy atom. The molecule has 11 aliphatic rings. The third kappa shape index (κ3) is 10.9. The monoisotopic (exact) mass is 1190 g/mol. The summed E-state index contributed by atoms with van der Waals surface area (Å²) in [6.07, 6.45) is -35.7. The maximum Gasteiger partial charge on any atom is 0.187 e. The second kappa shape index (κ2) is 24.4. The zero-order chi connectivity index (χ0) is 59.5. The van der Waals surface area contributed by atoms with Gasteiger partial charge in [-0.2, -0.15) is 0 Å². The molecular formula is C56H90O27. The second-order valence-corrected chi connectivity index (χ2v) is 26.5. The van der Waals surface area contributed by atoms with Crippen LogP contribution in [0.25, 0.3) is 0 Å². The van der Waals surface area contributed by atoms with Gasteiger partial charge in [0.25, 0.3) is 0 Å². The number of hydrogen-bond acceptors (Lipinski definition) is 27. The first-order chi connectivity index (χ1) is 39.4. The fraction of sp³-hybridized carbons (Fsp3) is 0.982. The summed E-state index contributed by atoms with van der Waals surface area (Å²) in [5.41, 5.74) is -0.676. The molecule has 1 spiro atoms. The average Bonchev–Trinajstić information content (AvgIpc) is 1.61. The van der Waals surface area contributed by atoms with Crippen LogP contribution < -0.4 is 0 Å². The van der Waals surface area contributed by atoms with Crippen molar-refractivity contribution in [1.82, 2.24) is 0 Å². The number of ketones is 1. The van der Waals surface area contributed by atoms with Crippen molar-refractivity contribution in [3.05, 3.63) is 0 Å². The van der Waals surface area contributed by atoms with Crippen LogP contribution >= 0.6 is 0 Å². The van der Waals surface area contributed by atoms with Crippen LogP contribution in [0.3, 0.4) is 0 Å². The van der Waals surface area contributed by atoms with Gasteiger partial charge in [-0.25, -0.2) is 0 Å². The van der Waals surface area contributed by atoms with Crippen LogP contribution in [0.4, 0.5) is 0 Å². The molecule has 0 bridgehead atoms. The normalized spacial score (nSPS) is 57.4. The molecule has 0 aromatic heterocycles. The van der Waals surface area contributed by atoms with E-state index in [4.69, 9.17) is 56.8 Å². The number of carbonyl (C=O) groups is 1. The summed E-state index contributed by atoms with van der Waals surface area (Å²) in [5, 5.41) is 153. The summed E-state index contributed by atoms with van der Waals surface area (Å²) in [7, 11) is 0. The first-order valence-corrected chi connectivity index (χ1v) is 30.1. The largest absolute Gasteiger partial charge is 0.394 e. The highest BCUT2D eigenvalue weighted by Gasteiger charge is 2.72. The molecule has 11 fully saturated rings. The first-order valence-electron chi connectivity index (χ1n) is 30.1. The van der Waals surface area contributed by atoms with Gasteiger partial charge in [0.2, 0.25) is 0 Å². The van der Waals surface area contributed by atoms with Gasteiger partial charge in [-0.15, -0.1) is 0 Å². The molecular weight excluding hydrogens is 1100 g/mol. The van der Waals surface area contributed by atoms with Gasteiger partial charge in [0.05, 0.1) is 51.3 Å². The van der Waals surface area contributed by atoms with Crippen molar-refractivity contribution in [1.29, 1.82) is 0 Å². The quantitative estimate of drug-likeness (QED) is 0.0777. The maximum atomic E-state index is 14.8. The number of fused-ring (bicyclic) bond motifs is 7. The molecule has 14 N–H and O–H groups in total. The Bertz CT molecular complexity index is 2210. The molecule has 7 saturated heterocycles. The number of Topliss-reactive ketones (excluding diaryl/α,β-unsaturated/α-hetero) is 1. The predicted molar refractivity (Wildman–Crippen MR) is 274 cm³/mol. The van der Waals surface area contributed by atoms with Crippen LogP contribution in [0.5, 0.6) is 0 Å². The van der Waals surface area contributed by atoms with Gasteiger partial charge in [-0.05, 0) is 86.9 Å². The number of rotatable bonds is 13. The van der Waals surface area contributed by atoms with Gasteiger partial charge in [-0.3, -0.25) is 4.79 Å². The van der Waals surface area contributed by atoms with E-state index in [2.05, 4.69) is 27.7 Å². The van der Waals surface area contributed by atoms with E-state index in [0.29, 0.717) is 43.5 Å². The fourth-order valence-electron chi connectivity index (χ4n) is 17.0. The van der Waals surface area contributed by atoms with Crippen LogP contribution in [-0.4, -0.2) is 276 Å². The molecule has 36 atom stereocenters. The van der Waals surface area contributed by atoms with Gasteiger partial charge in [0, 0.05) is 30.1 Å². The van der Waals surface area contributed by atoms with E-state index in [9.17, 15) is 76.3 Å². The van der Waals surface area contributed by atoms with E-state index in [0.717, 1.165) is 38.5 Å². The zero-order valence-corrected chi connectivity index (χ0v) is 47.5. The lowest BCUT2D eigenvalue weighted by atomic mass is 9.44. The summed E-state index contributed by atoms with van der Waals surface area (Å²) in [6.45, 7) is 7.73. The third-order valence-corrected chi connectivity index (χ3v) is 22.0. The molecule has 7 aliphatic heterocycles.